The summed E-state index contributed by atoms with van der Waals surface area (Å²) < 4.78 is 5.24. The van der Waals surface area contributed by atoms with Crippen molar-refractivity contribution in [1.29, 1.82) is 0 Å². The highest BCUT2D eigenvalue weighted by atomic mass is 35.5. The highest BCUT2D eigenvalue weighted by molar-refractivity contribution is 6.39. The van der Waals surface area contributed by atoms with Crippen molar-refractivity contribution in [3.05, 3.63) is 52.4 Å². The van der Waals surface area contributed by atoms with Crippen molar-refractivity contribution < 1.29 is 19.1 Å². The van der Waals surface area contributed by atoms with E-state index in [9.17, 15) is 14.7 Å². The third-order valence-corrected chi connectivity index (χ3v) is 3.59. The smallest absolute Gasteiger partial charge is 0.313 e. The maximum Gasteiger partial charge on any atom is 0.313 e. The molecule has 0 aliphatic rings. The Morgan fingerprint density at radius 1 is 1.22 bits per heavy atom. The van der Waals surface area contributed by atoms with Gasteiger partial charge in [0, 0.05) is 10.7 Å². The second-order valence-corrected chi connectivity index (χ2v) is 5.50. The van der Waals surface area contributed by atoms with E-state index >= 15 is 0 Å². The van der Waals surface area contributed by atoms with Crippen molar-refractivity contribution in [1.82, 2.24) is 5.32 Å². The number of rotatable bonds is 4. The number of aryl methyl sites for hydroxylation is 2. The molecule has 0 radical (unpaired) electrons. The predicted octanol–water partition coefficient (Wildman–Crippen LogP) is 2.34. The maximum atomic E-state index is 11.8. The van der Waals surface area contributed by atoms with Gasteiger partial charge in [0.25, 0.3) is 0 Å². The van der Waals surface area contributed by atoms with Gasteiger partial charge in [-0.1, -0.05) is 17.7 Å². The second kappa shape index (κ2) is 7.30. The molecule has 0 saturated heterocycles. The fourth-order valence-electron chi connectivity index (χ4n) is 1.86. The summed E-state index contributed by atoms with van der Waals surface area (Å²) in [4.78, 5) is 23.5. The van der Waals surface area contributed by atoms with Crippen LogP contribution in [0.3, 0.4) is 0 Å². The van der Waals surface area contributed by atoms with E-state index in [0.29, 0.717) is 22.2 Å². The summed E-state index contributed by atoms with van der Waals surface area (Å²) in [5.74, 6) is -0.718. The van der Waals surface area contributed by atoms with E-state index in [1.807, 2.05) is 6.92 Å². The molecule has 0 saturated carbocycles. The standard InChI is InChI=1S/C16H17ClN2O4/c1-9-3-5-11(7-12(9)17)19-16(22)15(21)18-8-13(20)14-6-4-10(2)23-14/h3-7,13,20H,8H2,1-2H3,(H,18,21)(H,19,22). The monoisotopic (exact) mass is 336 g/mol. The molecular formula is C16H17ClN2O4. The van der Waals surface area contributed by atoms with Crippen molar-refractivity contribution in [2.75, 3.05) is 11.9 Å². The Morgan fingerprint density at radius 3 is 2.57 bits per heavy atom. The number of halogens is 1. The Kier molecular flexibility index (Phi) is 5.41. The summed E-state index contributed by atoms with van der Waals surface area (Å²) in [6, 6.07) is 8.25. The zero-order valence-electron chi connectivity index (χ0n) is 12.7. The third-order valence-electron chi connectivity index (χ3n) is 3.18. The molecule has 0 fully saturated rings. The van der Waals surface area contributed by atoms with E-state index in [1.165, 1.54) is 0 Å². The number of anilines is 1. The highest BCUT2D eigenvalue weighted by Crippen LogP contribution is 2.20. The molecule has 122 valence electrons. The molecule has 2 rings (SSSR count). The first-order valence-corrected chi connectivity index (χ1v) is 7.34. The number of nitrogens with one attached hydrogen (secondary N) is 2. The van der Waals surface area contributed by atoms with E-state index in [0.717, 1.165) is 5.56 Å². The summed E-state index contributed by atoms with van der Waals surface area (Å²) >= 11 is 5.95. The molecule has 1 unspecified atom stereocenters. The number of furan rings is 1. The molecule has 2 amide bonds. The molecule has 0 spiro atoms. The number of aliphatic hydroxyl groups is 1. The SMILES string of the molecule is Cc1ccc(C(O)CNC(=O)C(=O)Nc2ccc(C)c(Cl)c2)o1. The van der Waals surface area contributed by atoms with Crippen LogP contribution in [0.15, 0.2) is 34.7 Å². The average molecular weight is 337 g/mol. The maximum absolute atomic E-state index is 11.8. The second-order valence-electron chi connectivity index (χ2n) is 5.09. The van der Waals surface area contributed by atoms with Crippen LogP contribution in [0.4, 0.5) is 5.69 Å². The van der Waals surface area contributed by atoms with E-state index in [2.05, 4.69) is 10.6 Å². The van der Waals surface area contributed by atoms with Crippen LogP contribution in [-0.4, -0.2) is 23.5 Å². The number of carbonyl (C=O) groups is 2. The molecule has 0 bridgehead atoms. The number of aliphatic hydroxyl groups excluding tert-OH is 1. The molecule has 2 aromatic rings. The van der Waals surface area contributed by atoms with Gasteiger partial charge in [0.2, 0.25) is 0 Å². The zero-order valence-corrected chi connectivity index (χ0v) is 13.5. The van der Waals surface area contributed by atoms with Gasteiger partial charge in [0.05, 0.1) is 6.54 Å². The average Bonchev–Trinajstić information content (AvgIpc) is 2.94. The van der Waals surface area contributed by atoms with Crippen LogP contribution in [0.25, 0.3) is 0 Å². The summed E-state index contributed by atoms with van der Waals surface area (Å²) in [7, 11) is 0. The molecule has 3 N–H and O–H groups in total. The largest absolute Gasteiger partial charge is 0.464 e. The van der Waals surface area contributed by atoms with Crippen LogP contribution in [0.5, 0.6) is 0 Å². The normalized spacial score (nSPS) is 11.8. The fourth-order valence-corrected chi connectivity index (χ4v) is 2.04. The van der Waals surface area contributed by atoms with Crippen LogP contribution >= 0.6 is 11.6 Å². The zero-order chi connectivity index (χ0) is 17.0. The molecule has 23 heavy (non-hydrogen) atoms. The molecular weight excluding hydrogens is 320 g/mol. The first-order valence-electron chi connectivity index (χ1n) is 6.96. The first-order chi connectivity index (χ1) is 10.9. The summed E-state index contributed by atoms with van der Waals surface area (Å²) in [5.41, 5.74) is 1.29. The minimum atomic E-state index is -1.02. The van der Waals surface area contributed by atoms with Gasteiger partial charge in [-0.25, -0.2) is 0 Å². The molecule has 0 aliphatic carbocycles. The number of hydrogen-bond acceptors (Lipinski definition) is 4. The van der Waals surface area contributed by atoms with Crippen molar-refractivity contribution in [2.24, 2.45) is 0 Å². The topological polar surface area (TPSA) is 91.6 Å². The molecule has 1 aromatic heterocycles. The van der Waals surface area contributed by atoms with E-state index in [4.69, 9.17) is 16.0 Å². The van der Waals surface area contributed by atoms with Crippen molar-refractivity contribution in [3.63, 3.8) is 0 Å². The van der Waals surface area contributed by atoms with Gasteiger partial charge in [0.1, 0.15) is 17.6 Å². The first kappa shape index (κ1) is 17.1. The van der Waals surface area contributed by atoms with Gasteiger partial charge in [-0.2, -0.15) is 0 Å². The number of amides is 2. The van der Waals surface area contributed by atoms with Gasteiger partial charge >= 0.3 is 11.8 Å². The Hall–Kier alpha value is -2.31. The lowest BCUT2D eigenvalue weighted by Crippen LogP contribution is -2.37. The fraction of sp³-hybridized carbons (Fsp3) is 0.250. The van der Waals surface area contributed by atoms with Gasteiger partial charge in [-0.15, -0.1) is 0 Å². The molecule has 1 aromatic carbocycles. The number of benzene rings is 1. The third kappa shape index (κ3) is 4.58. The summed E-state index contributed by atoms with van der Waals surface area (Å²) in [6.07, 6.45) is -1.02. The van der Waals surface area contributed by atoms with E-state index in [-0.39, 0.29) is 6.54 Å². The molecule has 0 aliphatic heterocycles. The van der Waals surface area contributed by atoms with Crippen LogP contribution in [0.2, 0.25) is 5.02 Å². The van der Waals surface area contributed by atoms with Crippen molar-refractivity contribution in [2.45, 2.75) is 20.0 Å². The van der Waals surface area contributed by atoms with Crippen LogP contribution < -0.4 is 10.6 Å². The minimum Gasteiger partial charge on any atom is -0.464 e. The van der Waals surface area contributed by atoms with Crippen molar-refractivity contribution in [3.8, 4) is 0 Å². The Morgan fingerprint density at radius 2 is 1.96 bits per heavy atom. The molecule has 1 heterocycles. The number of carbonyl (C=O) groups excluding carboxylic acids is 2. The lowest BCUT2D eigenvalue weighted by atomic mass is 10.2. The van der Waals surface area contributed by atoms with Crippen molar-refractivity contribution >= 4 is 29.1 Å². The lowest BCUT2D eigenvalue weighted by molar-refractivity contribution is -0.136. The lowest BCUT2D eigenvalue weighted by Gasteiger charge is -2.10. The molecule has 7 heteroatoms. The Bertz CT molecular complexity index is 727. The Balaban J connectivity index is 1.87. The molecule has 6 nitrogen and oxygen atoms in total. The van der Waals surface area contributed by atoms with Crippen LogP contribution in [0, 0.1) is 13.8 Å². The van der Waals surface area contributed by atoms with Gasteiger partial charge in [-0.3, -0.25) is 9.59 Å². The van der Waals surface area contributed by atoms with Crippen LogP contribution in [0.1, 0.15) is 23.2 Å². The van der Waals surface area contributed by atoms with Gasteiger partial charge in [-0.05, 0) is 43.7 Å². The van der Waals surface area contributed by atoms with Crippen LogP contribution in [-0.2, 0) is 9.59 Å². The number of hydrogen-bond donors (Lipinski definition) is 3. The van der Waals surface area contributed by atoms with Gasteiger partial charge < -0.3 is 20.2 Å². The quantitative estimate of drug-likeness (QED) is 0.747. The van der Waals surface area contributed by atoms with E-state index < -0.39 is 17.9 Å². The van der Waals surface area contributed by atoms with Gasteiger partial charge in [0.15, 0.2) is 0 Å². The summed E-state index contributed by atoms with van der Waals surface area (Å²) in [5, 5.41) is 15.1. The Labute approximate surface area is 138 Å². The highest BCUT2D eigenvalue weighted by Gasteiger charge is 2.17. The minimum absolute atomic E-state index is 0.131. The summed E-state index contributed by atoms with van der Waals surface area (Å²) in [6.45, 7) is 3.45. The predicted molar refractivity (Wildman–Crippen MR) is 86.2 cm³/mol. The molecule has 1 atom stereocenters. The van der Waals surface area contributed by atoms with E-state index in [1.54, 1.807) is 37.3 Å².